The fraction of sp³-hybridized carbons (Fsp3) is 0.292. The zero-order chi connectivity index (χ0) is 21.9. The SMILES string of the molecule is N[C@@H]1c2ccccc2CC12CCN(c1ncc3nc(-c4cccc(Cl)c4Cl)oc3n1)CC2. The van der Waals surface area contributed by atoms with Crippen LogP contribution in [0.1, 0.15) is 30.0 Å². The molecule has 1 spiro atoms. The number of benzene rings is 2. The summed E-state index contributed by atoms with van der Waals surface area (Å²) in [5, 5.41) is 0.858. The van der Waals surface area contributed by atoms with Crippen molar-refractivity contribution in [2.75, 3.05) is 18.0 Å². The van der Waals surface area contributed by atoms with Crippen LogP contribution in [-0.2, 0) is 6.42 Å². The number of hydrogen-bond acceptors (Lipinski definition) is 6. The van der Waals surface area contributed by atoms with Gasteiger partial charge in [-0.3, -0.25) is 0 Å². The molecule has 1 fully saturated rings. The normalized spacial score (nSPS) is 19.6. The van der Waals surface area contributed by atoms with Crippen LogP contribution >= 0.6 is 23.2 Å². The lowest BCUT2D eigenvalue weighted by molar-refractivity contribution is 0.187. The van der Waals surface area contributed by atoms with Crippen LogP contribution in [0.25, 0.3) is 22.7 Å². The monoisotopic (exact) mass is 465 g/mol. The van der Waals surface area contributed by atoms with Crippen molar-refractivity contribution >= 4 is 40.4 Å². The van der Waals surface area contributed by atoms with Gasteiger partial charge in [-0.2, -0.15) is 4.98 Å². The Kier molecular flexibility index (Phi) is 4.64. The lowest BCUT2D eigenvalue weighted by atomic mass is 9.73. The average molecular weight is 466 g/mol. The first kappa shape index (κ1) is 20.0. The number of halogens is 2. The summed E-state index contributed by atoms with van der Waals surface area (Å²) in [5.74, 6) is 1.03. The Hall–Kier alpha value is -2.67. The molecule has 6 nitrogen and oxygen atoms in total. The van der Waals surface area contributed by atoms with Crippen molar-refractivity contribution in [2.45, 2.75) is 25.3 Å². The molecular formula is C24H21Cl2N5O. The Morgan fingerprint density at radius 2 is 1.84 bits per heavy atom. The highest BCUT2D eigenvalue weighted by molar-refractivity contribution is 6.43. The summed E-state index contributed by atoms with van der Waals surface area (Å²) in [6, 6.07) is 14.0. The Morgan fingerprint density at radius 1 is 1.03 bits per heavy atom. The summed E-state index contributed by atoms with van der Waals surface area (Å²) in [6.45, 7) is 1.71. The van der Waals surface area contributed by atoms with E-state index >= 15 is 0 Å². The smallest absolute Gasteiger partial charge is 0.252 e. The molecule has 8 heteroatoms. The molecule has 2 aromatic carbocycles. The van der Waals surface area contributed by atoms with Gasteiger partial charge >= 0.3 is 0 Å². The minimum Gasteiger partial charge on any atom is -0.417 e. The Labute approximate surface area is 195 Å². The topological polar surface area (TPSA) is 81.1 Å². The van der Waals surface area contributed by atoms with E-state index in [0.717, 1.165) is 32.4 Å². The molecule has 0 radical (unpaired) electrons. The molecule has 1 aliphatic carbocycles. The number of aromatic nitrogens is 3. The van der Waals surface area contributed by atoms with Gasteiger partial charge in [-0.1, -0.05) is 53.5 Å². The van der Waals surface area contributed by atoms with Crippen molar-refractivity contribution in [3.05, 3.63) is 69.8 Å². The van der Waals surface area contributed by atoms with Crippen LogP contribution in [0.2, 0.25) is 10.0 Å². The molecule has 0 bridgehead atoms. The van der Waals surface area contributed by atoms with Gasteiger partial charge in [0, 0.05) is 19.1 Å². The lowest BCUT2D eigenvalue weighted by Gasteiger charge is -2.42. The van der Waals surface area contributed by atoms with Crippen molar-refractivity contribution in [3.8, 4) is 11.5 Å². The first-order valence-electron chi connectivity index (χ1n) is 10.7. The van der Waals surface area contributed by atoms with Crippen LogP contribution in [0.4, 0.5) is 5.95 Å². The highest BCUT2D eigenvalue weighted by Gasteiger charge is 2.46. The molecule has 2 aliphatic rings. The molecule has 2 aromatic heterocycles. The number of oxazole rings is 1. The van der Waals surface area contributed by atoms with Crippen LogP contribution in [0.3, 0.4) is 0 Å². The van der Waals surface area contributed by atoms with Gasteiger partial charge in [-0.15, -0.1) is 0 Å². The predicted octanol–water partition coefficient (Wildman–Crippen LogP) is 5.43. The molecule has 0 saturated carbocycles. The minimum atomic E-state index is 0.0866. The van der Waals surface area contributed by atoms with E-state index in [9.17, 15) is 0 Å². The van der Waals surface area contributed by atoms with Gasteiger partial charge < -0.3 is 15.1 Å². The molecule has 1 aliphatic heterocycles. The number of fused-ring (bicyclic) bond motifs is 2. The summed E-state index contributed by atoms with van der Waals surface area (Å²) >= 11 is 12.5. The second-order valence-corrected chi connectivity index (χ2v) is 9.47. The van der Waals surface area contributed by atoms with Gasteiger partial charge in [-0.25, -0.2) is 9.97 Å². The van der Waals surface area contributed by atoms with Crippen LogP contribution in [-0.4, -0.2) is 28.0 Å². The van der Waals surface area contributed by atoms with E-state index in [4.69, 9.17) is 33.4 Å². The zero-order valence-corrected chi connectivity index (χ0v) is 18.8. The molecule has 1 saturated heterocycles. The summed E-state index contributed by atoms with van der Waals surface area (Å²) < 4.78 is 5.92. The van der Waals surface area contributed by atoms with Crippen molar-refractivity contribution in [1.82, 2.24) is 15.0 Å². The Morgan fingerprint density at radius 3 is 2.66 bits per heavy atom. The third-order valence-electron chi connectivity index (χ3n) is 6.95. The van der Waals surface area contributed by atoms with Crippen molar-refractivity contribution < 1.29 is 4.42 Å². The molecule has 1 atom stereocenters. The van der Waals surface area contributed by atoms with E-state index in [1.165, 1.54) is 11.1 Å². The molecule has 0 amide bonds. The summed E-state index contributed by atoms with van der Waals surface area (Å²) in [6.07, 6.45) is 4.75. The van der Waals surface area contributed by atoms with Gasteiger partial charge in [0.25, 0.3) is 5.71 Å². The first-order valence-corrected chi connectivity index (χ1v) is 11.5. The van der Waals surface area contributed by atoms with Crippen LogP contribution in [0.15, 0.2) is 53.1 Å². The van der Waals surface area contributed by atoms with Gasteiger partial charge in [0.1, 0.15) is 5.52 Å². The molecule has 162 valence electrons. The molecule has 2 N–H and O–H groups in total. The Balaban J connectivity index is 1.24. The van der Waals surface area contributed by atoms with E-state index in [0.29, 0.717) is 38.7 Å². The largest absolute Gasteiger partial charge is 0.417 e. The number of nitrogens with two attached hydrogens (primary N) is 1. The van der Waals surface area contributed by atoms with Crippen molar-refractivity contribution in [1.29, 1.82) is 0 Å². The maximum Gasteiger partial charge on any atom is 0.252 e. The van der Waals surface area contributed by atoms with Gasteiger partial charge in [-0.05, 0) is 47.9 Å². The molecule has 32 heavy (non-hydrogen) atoms. The number of nitrogens with zero attached hydrogens (tertiary/aromatic N) is 4. The highest BCUT2D eigenvalue weighted by atomic mass is 35.5. The highest BCUT2D eigenvalue weighted by Crippen LogP contribution is 2.50. The predicted molar refractivity (Wildman–Crippen MR) is 126 cm³/mol. The van der Waals surface area contributed by atoms with E-state index in [1.54, 1.807) is 12.3 Å². The fourth-order valence-electron chi connectivity index (χ4n) is 5.12. The van der Waals surface area contributed by atoms with E-state index < -0.39 is 0 Å². The minimum absolute atomic E-state index is 0.0866. The standard InChI is InChI=1S/C24H21Cl2N5O/c25-17-7-3-6-16(19(17)26)21-29-18-13-28-23(30-22(18)32-21)31-10-8-24(9-11-31)12-14-4-1-2-5-15(14)20(24)27/h1-7,13,20H,8-12,27H2/t20-/m1/s1. The average Bonchev–Trinajstić information content (AvgIpc) is 3.35. The maximum atomic E-state index is 6.70. The van der Waals surface area contributed by atoms with E-state index in [-0.39, 0.29) is 11.5 Å². The van der Waals surface area contributed by atoms with Crippen LogP contribution in [0.5, 0.6) is 0 Å². The maximum absolute atomic E-state index is 6.70. The number of piperidine rings is 1. The molecular weight excluding hydrogens is 445 g/mol. The first-order chi connectivity index (χ1) is 15.5. The molecule has 4 aromatic rings. The Bertz CT molecular complexity index is 1330. The molecule has 6 rings (SSSR count). The van der Waals surface area contributed by atoms with Gasteiger partial charge in [0.05, 0.1) is 21.8 Å². The number of hydrogen-bond donors (Lipinski definition) is 1. The van der Waals surface area contributed by atoms with Crippen molar-refractivity contribution in [2.24, 2.45) is 11.1 Å². The molecule has 3 heterocycles. The third kappa shape index (κ3) is 3.09. The zero-order valence-electron chi connectivity index (χ0n) is 17.3. The third-order valence-corrected chi connectivity index (χ3v) is 7.77. The van der Waals surface area contributed by atoms with Crippen LogP contribution in [0, 0.1) is 5.41 Å². The van der Waals surface area contributed by atoms with E-state index in [1.807, 2.05) is 12.1 Å². The van der Waals surface area contributed by atoms with E-state index in [2.05, 4.69) is 44.1 Å². The van der Waals surface area contributed by atoms with Crippen molar-refractivity contribution in [3.63, 3.8) is 0 Å². The van der Waals surface area contributed by atoms with Gasteiger partial charge in [0.15, 0.2) is 0 Å². The summed E-state index contributed by atoms with van der Waals surface area (Å²) in [7, 11) is 0. The van der Waals surface area contributed by atoms with Crippen LogP contribution < -0.4 is 10.6 Å². The summed E-state index contributed by atoms with van der Waals surface area (Å²) in [5.41, 5.74) is 11.2. The van der Waals surface area contributed by atoms with Gasteiger partial charge in [0.2, 0.25) is 11.8 Å². The second-order valence-electron chi connectivity index (χ2n) is 8.68. The lowest BCUT2D eigenvalue weighted by Crippen LogP contribution is -2.44. The summed E-state index contributed by atoms with van der Waals surface area (Å²) in [4.78, 5) is 15.9. The fourth-order valence-corrected chi connectivity index (χ4v) is 5.50. The number of rotatable bonds is 2. The number of anilines is 1. The quantitative estimate of drug-likeness (QED) is 0.424. The molecule has 0 unspecified atom stereocenters. The second kappa shape index (κ2) is 7.44.